The van der Waals surface area contributed by atoms with Gasteiger partial charge >= 0.3 is 6.18 Å². The maximum atomic E-state index is 12.8. The van der Waals surface area contributed by atoms with Crippen LogP contribution in [0.1, 0.15) is 23.5 Å². The number of nitrogens with one attached hydrogen (secondary N) is 2. The maximum absolute atomic E-state index is 12.8. The monoisotopic (exact) mass is 297 g/mol. The fraction of sp³-hybridized carbons (Fsp3) is 0.429. The molecule has 1 aliphatic rings. The van der Waals surface area contributed by atoms with Gasteiger partial charge in [-0.15, -0.1) is 0 Å². The van der Waals surface area contributed by atoms with Crippen LogP contribution in [0.25, 0.3) is 11.4 Å². The SMILES string of the molecule is Cc1cc(=O)c(-c2nc3c([nH]2)CC(C(F)(F)F)CC3)c[nH]1. The van der Waals surface area contributed by atoms with E-state index in [1.54, 1.807) is 6.92 Å². The Morgan fingerprint density at radius 1 is 1.38 bits per heavy atom. The molecule has 2 aromatic heterocycles. The summed E-state index contributed by atoms with van der Waals surface area (Å²) in [5.74, 6) is -1.00. The third-order valence-electron chi connectivity index (χ3n) is 3.82. The van der Waals surface area contributed by atoms with Crippen LogP contribution in [0.3, 0.4) is 0 Å². The van der Waals surface area contributed by atoms with Crippen molar-refractivity contribution in [2.45, 2.75) is 32.4 Å². The highest BCUT2D eigenvalue weighted by Gasteiger charge is 2.42. The molecule has 1 unspecified atom stereocenters. The van der Waals surface area contributed by atoms with E-state index in [1.165, 1.54) is 12.3 Å². The second-order valence-corrected chi connectivity index (χ2v) is 5.39. The summed E-state index contributed by atoms with van der Waals surface area (Å²) < 4.78 is 38.4. The third-order valence-corrected chi connectivity index (χ3v) is 3.82. The molecule has 112 valence electrons. The molecule has 2 heterocycles. The molecule has 21 heavy (non-hydrogen) atoms. The summed E-state index contributed by atoms with van der Waals surface area (Å²) in [4.78, 5) is 22.0. The Hall–Kier alpha value is -2.05. The minimum Gasteiger partial charge on any atom is -0.364 e. The number of aromatic nitrogens is 3. The van der Waals surface area contributed by atoms with E-state index in [9.17, 15) is 18.0 Å². The van der Waals surface area contributed by atoms with Crippen LogP contribution in [0.5, 0.6) is 0 Å². The highest BCUT2D eigenvalue weighted by atomic mass is 19.4. The maximum Gasteiger partial charge on any atom is 0.392 e. The lowest BCUT2D eigenvalue weighted by Crippen LogP contribution is -2.28. The fourth-order valence-corrected chi connectivity index (χ4v) is 2.65. The molecule has 0 saturated heterocycles. The number of aryl methyl sites for hydroxylation is 2. The minimum absolute atomic E-state index is 0.0467. The van der Waals surface area contributed by atoms with Crippen LogP contribution in [-0.4, -0.2) is 21.1 Å². The van der Waals surface area contributed by atoms with Crippen molar-refractivity contribution >= 4 is 0 Å². The lowest BCUT2D eigenvalue weighted by atomic mass is 9.89. The van der Waals surface area contributed by atoms with Crippen molar-refractivity contribution in [3.63, 3.8) is 0 Å². The summed E-state index contributed by atoms with van der Waals surface area (Å²) in [6.07, 6.45) is -2.44. The molecule has 0 aromatic carbocycles. The zero-order valence-corrected chi connectivity index (χ0v) is 11.3. The standard InChI is InChI=1S/C14H14F3N3O/c1-7-4-12(21)9(6-18-7)13-19-10-3-2-8(14(15,16)17)5-11(10)20-13/h4,6,8H,2-3,5H2,1H3,(H,18,21)(H,19,20). The average Bonchev–Trinajstić information content (AvgIpc) is 2.79. The molecule has 3 rings (SSSR count). The van der Waals surface area contributed by atoms with E-state index < -0.39 is 12.1 Å². The normalized spacial score (nSPS) is 18.6. The van der Waals surface area contributed by atoms with Gasteiger partial charge in [0, 0.05) is 30.1 Å². The van der Waals surface area contributed by atoms with Gasteiger partial charge in [-0.05, 0) is 19.8 Å². The Bertz CT molecular complexity index is 730. The number of pyridine rings is 1. The Morgan fingerprint density at radius 3 is 2.81 bits per heavy atom. The van der Waals surface area contributed by atoms with E-state index in [1.807, 2.05) is 0 Å². The van der Waals surface area contributed by atoms with Crippen molar-refractivity contribution in [2.24, 2.45) is 5.92 Å². The van der Waals surface area contributed by atoms with E-state index >= 15 is 0 Å². The van der Waals surface area contributed by atoms with Crippen LogP contribution in [0.15, 0.2) is 17.1 Å². The van der Waals surface area contributed by atoms with Crippen LogP contribution in [0, 0.1) is 12.8 Å². The first-order valence-corrected chi connectivity index (χ1v) is 6.69. The lowest BCUT2D eigenvalue weighted by Gasteiger charge is -2.23. The largest absolute Gasteiger partial charge is 0.392 e. The van der Waals surface area contributed by atoms with Crippen LogP contribution < -0.4 is 5.43 Å². The minimum atomic E-state index is -4.19. The number of imidazole rings is 1. The molecular weight excluding hydrogens is 283 g/mol. The molecule has 1 atom stereocenters. The molecule has 0 saturated carbocycles. The Balaban J connectivity index is 1.95. The first-order chi connectivity index (χ1) is 9.84. The number of rotatable bonds is 1. The zero-order chi connectivity index (χ0) is 15.2. The average molecular weight is 297 g/mol. The van der Waals surface area contributed by atoms with Crippen molar-refractivity contribution in [3.05, 3.63) is 39.6 Å². The van der Waals surface area contributed by atoms with Crippen LogP contribution in [0.2, 0.25) is 0 Å². The molecule has 0 aliphatic heterocycles. The third kappa shape index (κ3) is 2.59. The molecule has 2 N–H and O–H groups in total. The van der Waals surface area contributed by atoms with Gasteiger partial charge in [-0.2, -0.15) is 13.2 Å². The predicted octanol–water partition coefficient (Wildman–Crippen LogP) is 2.74. The molecule has 0 amide bonds. The van der Waals surface area contributed by atoms with Crippen molar-refractivity contribution in [1.82, 2.24) is 15.0 Å². The van der Waals surface area contributed by atoms with Gasteiger partial charge < -0.3 is 9.97 Å². The van der Waals surface area contributed by atoms with Crippen molar-refractivity contribution in [3.8, 4) is 11.4 Å². The number of halogens is 3. The molecule has 0 spiro atoms. The number of nitrogens with zero attached hydrogens (tertiary/aromatic N) is 1. The van der Waals surface area contributed by atoms with Crippen LogP contribution in [0.4, 0.5) is 13.2 Å². The zero-order valence-electron chi connectivity index (χ0n) is 11.3. The highest BCUT2D eigenvalue weighted by molar-refractivity contribution is 5.54. The predicted molar refractivity (Wildman–Crippen MR) is 71.0 cm³/mol. The fourth-order valence-electron chi connectivity index (χ4n) is 2.65. The Labute approximate surface area is 118 Å². The molecule has 2 aromatic rings. The summed E-state index contributed by atoms with van der Waals surface area (Å²) in [5.41, 5.74) is 1.98. The molecule has 0 fully saturated rings. The Kier molecular flexibility index (Phi) is 3.15. The van der Waals surface area contributed by atoms with Gasteiger partial charge in [-0.3, -0.25) is 4.79 Å². The number of H-pyrrole nitrogens is 2. The van der Waals surface area contributed by atoms with Crippen molar-refractivity contribution in [1.29, 1.82) is 0 Å². The van der Waals surface area contributed by atoms with Gasteiger partial charge in [-0.1, -0.05) is 0 Å². The van der Waals surface area contributed by atoms with Crippen molar-refractivity contribution < 1.29 is 13.2 Å². The Morgan fingerprint density at radius 2 is 2.14 bits per heavy atom. The quantitative estimate of drug-likeness (QED) is 0.850. The molecule has 7 heteroatoms. The number of hydrogen-bond acceptors (Lipinski definition) is 2. The summed E-state index contributed by atoms with van der Waals surface area (Å²) >= 11 is 0. The topological polar surface area (TPSA) is 61.5 Å². The lowest BCUT2D eigenvalue weighted by molar-refractivity contribution is -0.177. The summed E-state index contributed by atoms with van der Waals surface area (Å²) in [6, 6.07) is 1.44. The van der Waals surface area contributed by atoms with E-state index in [0.29, 0.717) is 22.8 Å². The van der Waals surface area contributed by atoms with Gasteiger partial charge in [0.05, 0.1) is 17.2 Å². The number of aromatic amines is 2. The molecule has 4 nitrogen and oxygen atoms in total. The summed E-state index contributed by atoms with van der Waals surface area (Å²) in [7, 11) is 0. The van der Waals surface area contributed by atoms with E-state index in [4.69, 9.17) is 0 Å². The van der Waals surface area contributed by atoms with Gasteiger partial charge in [0.25, 0.3) is 0 Å². The van der Waals surface area contributed by atoms with Crippen molar-refractivity contribution in [2.75, 3.05) is 0 Å². The molecular formula is C14H14F3N3O. The number of alkyl halides is 3. The number of fused-ring (bicyclic) bond motifs is 1. The van der Waals surface area contributed by atoms with Crippen LogP contribution >= 0.6 is 0 Å². The first-order valence-electron chi connectivity index (χ1n) is 6.69. The van der Waals surface area contributed by atoms with Crippen LogP contribution in [-0.2, 0) is 12.8 Å². The molecule has 0 radical (unpaired) electrons. The second-order valence-electron chi connectivity index (χ2n) is 5.39. The van der Waals surface area contributed by atoms with Gasteiger partial charge in [0.2, 0.25) is 0 Å². The second kappa shape index (κ2) is 4.75. The number of hydrogen-bond donors (Lipinski definition) is 2. The van der Waals surface area contributed by atoms with E-state index in [0.717, 1.165) is 5.69 Å². The summed E-state index contributed by atoms with van der Waals surface area (Å²) in [6.45, 7) is 1.76. The van der Waals surface area contributed by atoms with Gasteiger partial charge in [0.15, 0.2) is 5.43 Å². The van der Waals surface area contributed by atoms with E-state index in [2.05, 4.69) is 15.0 Å². The first kappa shape index (κ1) is 13.9. The molecule has 0 bridgehead atoms. The highest BCUT2D eigenvalue weighted by Crippen LogP contribution is 2.36. The van der Waals surface area contributed by atoms with E-state index in [-0.39, 0.29) is 24.7 Å². The van der Waals surface area contributed by atoms with Gasteiger partial charge in [-0.25, -0.2) is 4.98 Å². The smallest absolute Gasteiger partial charge is 0.364 e. The summed E-state index contributed by atoms with van der Waals surface area (Å²) in [5, 5.41) is 0. The molecule has 1 aliphatic carbocycles. The van der Waals surface area contributed by atoms with Gasteiger partial charge in [0.1, 0.15) is 5.82 Å².